The number of carboxylic acids is 1. The predicted molar refractivity (Wildman–Crippen MR) is 122 cm³/mol. The van der Waals surface area contributed by atoms with E-state index in [1.165, 1.54) is 0 Å². The van der Waals surface area contributed by atoms with Gasteiger partial charge in [0.2, 0.25) is 5.16 Å². The molecule has 4 rings (SSSR count). The van der Waals surface area contributed by atoms with Crippen molar-refractivity contribution in [1.82, 2.24) is 15.2 Å². The van der Waals surface area contributed by atoms with Gasteiger partial charge in [-0.05, 0) is 40.2 Å². The summed E-state index contributed by atoms with van der Waals surface area (Å²) in [5.41, 5.74) is 1.75. The van der Waals surface area contributed by atoms with E-state index in [1.54, 1.807) is 6.08 Å². The molecule has 0 atom stereocenters. The summed E-state index contributed by atoms with van der Waals surface area (Å²) in [6, 6.07) is 21.5. The van der Waals surface area contributed by atoms with Crippen molar-refractivity contribution in [2.75, 3.05) is 0 Å². The SMILES string of the molecule is CCc1nc(S/C(=C\c2c(OCc3ccccc3)ccc3ccccc23)C(=O)O)n[nH]1. The Hall–Kier alpha value is -3.58. The van der Waals surface area contributed by atoms with Gasteiger partial charge in [0.1, 0.15) is 23.1 Å². The predicted octanol–water partition coefficient (Wildman–Crippen LogP) is 5.32. The minimum Gasteiger partial charge on any atom is -0.488 e. The van der Waals surface area contributed by atoms with Crippen LogP contribution in [0.15, 0.2) is 76.8 Å². The first kappa shape index (κ1) is 20.7. The van der Waals surface area contributed by atoms with Gasteiger partial charge in [-0.3, -0.25) is 5.10 Å². The second-order valence-electron chi connectivity index (χ2n) is 6.81. The summed E-state index contributed by atoms with van der Waals surface area (Å²) in [6.07, 6.45) is 2.33. The van der Waals surface area contributed by atoms with Crippen molar-refractivity contribution in [3.8, 4) is 5.75 Å². The Labute approximate surface area is 184 Å². The zero-order valence-electron chi connectivity index (χ0n) is 16.9. The van der Waals surface area contributed by atoms with Gasteiger partial charge >= 0.3 is 5.97 Å². The Kier molecular flexibility index (Phi) is 6.33. The third kappa shape index (κ3) is 4.95. The van der Waals surface area contributed by atoms with Crippen LogP contribution in [0.1, 0.15) is 23.9 Å². The minimum absolute atomic E-state index is 0.113. The number of aromatic amines is 1. The Bertz CT molecular complexity index is 1240. The number of H-pyrrole nitrogens is 1. The summed E-state index contributed by atoms with van der Waals surface area (Å²) < 4.78 is 6.10. The smallest absolute Gasteiger partial charge is 0.342 e. The molecule has 1 aromatic heterocycles. The van der Waals surface area contributed by atoms with E-state index in [2.05, 4.69) is 15.2 Å². The minimum atomic E-state index is -1.05. The van der Waals surface area contributed by atoms with Gasteiger partial charge in [-0.25, -0.2) is 9.78 Å². The van der Waals surface area contributed by atoms with Crippen molar-refractivity contribution in [3.05, 3.63) is 88.6 Å². The van der Waals surface area contributed by atoms with E-state index in [4.69, 9.17) is 4.74 Å². The molecule has 6 nitrogen and oxygen atoms in total. The third-order valence-corrected chi connectivity index (χ3v) is 5.58. The lowest BCUT2D eigenvalue weighted by Gasteiger charge is -2.13. The highest BCUT2D eigenvalue weighted by Crippen LogP contribution is 2.34. The molecule has 3 aromatic carbocycles. The molecule has 0 saturated carbocycles. The van der Waals surface area contributed by atoms with Gasteiger partial charge in [-0.2, -0.15) is 0 Å². The van der Waals surface area contributed by atoms with E-state index in [9.17, 15) is 9.90 Å². The van der Waals surface area contributed by atoms with Crippen molar-refractivity contribution in [1.29, 1.82) is 0 Å². The molecule has 0 fully saturated rings. The first-order valence-corrected chi connectivity index (χ1v) is 10.7. The average molecular weight is 432 g/mol. The van der Waals surface area contributed by atoms with Gasteiger partial charge in [0, 0.05) is 12.0 Å². The monoisotopic (exact) mass is 431 g/mol. The fourth-order valence-electron chi connectivity index (χ4n) is 3.13. The van der Waals surface area contributed by atoms with E-state index in [-0.39, 0.29) is 4.91 Å². The molecular weight excluding hydrogens is 410 g/mol. The van der Waals surface area contributed by atoms with Crippen LogP contribution in [0.3, 0.4) is 0 Å². The Morgan fingerprint density at radius 2 is 1.87 bits per heavy atom. The van der Waals surface area contributed by atoms with E-state index in [0.717, 1.165) is 28.1 Å². The molecule has 156 valence electrons. The zero-order chi connectivity index (χ0) is 21.6. The number of aromatic nitrogens is 3. The van der Waals surface area contributed by atoms with Crippen LogP contribution in [0.5, 0.6) is 5.75 Å². The van der Waals surface area contributed by atoms with Crippen molar-refractivity contribution >= 4 is 34.6 Å². The van der Waals surface area contributed by atoms with Crippen molar-refractivity contribution in [3.63, 3.8) is 0 Å². The summed E-state index contributed by atoms with van der Waals surface area (Å²) in [7, 11) is 0. The normalized spacial score (nSPS) is 11.6. The summed E-state index contributed by atoms with van der Waals surface area (Å²) in [4.78, 5) is 16.4. The maximum Gasteiger partial charge on any atom is 0.342 e. The highest BCUT2D eigenvalue weighted by Gasteiger charge is 2.16. The van der Waals surface area contributed by atoms with Crippen LogP contribution < -0.4 is 4.74 Å². The number of carboxylic acid groups (broad SMARTS) is 1. The summed E-state index contributed by atoms with van der Waals surface area (Å²) >= 11 is 1.01. The van der Waals surface area contributed by atoms with Crippen LogP contribution in [0.4, 0.5) is 0 Å². The molecule has 0 spiro atoms. The number of aryl methyl sites for hydroxylation is 1. The van der Waals surface area contributed by atoms with Gasteiger partial charge < -0.3 is 9.84 Å². The lowest BCUT2D eigenvalue weighted by Crippen LogP contribution is -2.00. The molecule has 0 bridgehead atoms. The summed E-state index contributed by atoms with van der Waals surface area (Å²) in [5, 5.41) is 19.0. The quantitative estimate of drug-likeness (QED) is 0.290. The molecule has 0 aliphatic heterocycles. The van der Waals surface area contributed by atoms with E-state index >= 15 is 0 Å². The molecule has 7 heteroatoms. The fourth-order valence-corrected chi connectivity index (χ4v) is 3.84. The second kappa shape index (κ2) is 9.49. The molecule has 1 heterocycles. The number of rotatable bonds is 8. The summed E-state index contributed by atoms with van der Waals surface area (Å²) in [5.74, 6) is 0.283. The van der Waals surface area contributed by atoms with Gasteiger partial charge in [-0.15, -0.1) is 5.10 Å². The third-order valence-electron chi connectivity index (χ3n) is 4.70. The molecule has 0 amide bonds. The van der Waals surface area contributed by atoms with Crippen LogP contribution in [0.25, 0.3) is 16.8 Å². The van der Waals surface area contributed by atoms with Crippen molar-refractivity contribution in [2.45, 2.75) is 25.1 Å². The van der Waals surface area contributed by atoms with E-state index in [1.807, 2.05) is 73.7 Å². The van der Waals surface area contributed by atoms with Gasteiger partial charge in [0.05, 0.1) is 0 Å². The van der Waals surface area contributed by atoms with Crippen molar-refractivity contribution < 1.29 is 14.6 Å². The number of thioether (sulfide) groups is 1. The first-order chi connectivity index (χ1) is 15.1. The number of hydrogen-bond acceptors (Lipinski definition) is 5. The highest BCUT2D eigenvalue weighted by atomic mass is 32.2. The largest absolute Gasteiger partial charge is 0.488 e. The van der Waals surface area contributed by atoms with E-state index in [0.29, 0.717) is 35.3 Å². The maximum atomic E-state index is 12.0. The van der Waals surface area contributed by atoms with Crippen LogP contribution in [-0.4, -0.2) is 26.3 Å². The van der Waals surface area contributed by atoms with Crippen LogP contribution in [0, 0.1) is 0 Å². The van der Waals surface area contributed by atoms with Gasteiger partial charge in [0.25, 0.3) is 0 Å². The van der Waals surface area contributed by atoms with Gasteiger partial charge in [-0.1, -0.05) is 67.6 Å². The maximum absolute atomic E-state index is 12.0. The molecule has 0 radical (unpaired) electrons. The average Bonchev–Trinajstić information content (AvgIpc) is 3.26. The first-order valence-electron chi connectivity index (χ1n) is 9.86. The van der Waals surface area contributed by atoms with Gasteiger partial charge in [0.15, 0.2) is 0 Å². The molecule has 0 aliphatic rings. The molecule has 4 aromatic rings. The standard InChI is InChI=1S/C24H21N3O3S/c1-2-22-25-24(27-26-22)31-21(23(28)29)14-19-18-11-7-6-10-17(18)12-13-20(19)30-15-16-8-4-3-5-9-16/h3-14H,2,15H2,1H3,(H,28,29)(H,25,26,27)/b21-14-. The number of nitrogens with zero attached hydrogens (tertiary/aromatic N) is 2. The lowest BCUT2D eigenvalue weighted by molar-refractivity contribution is -0.131. The number of benzene rings is 3. The molecule has 2 N–H and O–H groups in total. The fraction of sp³-hybridized carbons (Fsp3) is 0.125. The Morgan fingerprint density at radius 3 is 2.61 bits per heavy atom. The van der Waals surface area contributed by atoms with Crippen molar-refractivity contribution in [2.24, 2.45) is 0 Å². The zero-order valence-corrected chi connectivity index (χ0v) is 17.7. The Morgan fingerprint density at radius 1 is 1.10 bits per heavy atom. The second-order valence-corrected chi connectivity index (χ2v) is 7.82. The highest BCUT2D eigenvalue weighted by molar-refractivity contribution is 8.04. The number of hydrogen-bond donors (Lipinski definition) is 2. The Balaban J connectivity index is 1.74. The number of fused-ring (bicyclic) bond motifs is 1. The topological polar surface area (TPSA) is 88.1 Å². The molecule has 0 unspecified atom stereocenters. The molecule has 31 heavy (non-hydrogen) atoms. The van der Waals surface area contributed by atoms with Crippen LogP contribution in [0.2, 0.25) is 0 Å². The van der Waals surface area contributed by atoms with Crippen LogP contribution in [-0.2, 0) is 17.8 Å². The molecule has 0 saturated heterocycles. The molecule has 0 aliphatic carbocycles. The van der Waals surface area contributed by atoms with E-state index < -0.39 is 5.97 Å². The molecular formula is C24H21N3O3S. The van der Waals surface area contributed by atoms with Crippen LogP contribution >= 0.6 is 11.8 Å². The summed E-state index contributed by atoms with van der Waals surface area (Å²) in [6.45, 7) is 2.34. The number of carbonyl (C=O) groups is 1. The number of nitrogens with one attached hydrogen (secondary N) is 1. The number of ether oxygens (including phenoxy) is 1. The lowest BCUT2D eigenvalue weighted by atomic mass is 10.0. The number of aliphatic carboxylic acids is 1.